The fourth-order valence-electron chi connectivity index (χ4n) is 2.67. The van der Waals surface area contributed by atoms with Gasteiger partial charge in [0.2, 0.25) is 0 Å². The van der Waals surface area contributed by atoms with Crippen molar-refractivity contribution >= 4 is 0 Å². The van der Waals surface area contributed by atoms with Gasteiger partial charge in [0.25, 0.3) is 5.56 Å². The van der Waals surface area contributed by atoms with Crippen molar-refractivity contribution in [3.63, 3.8) is 0 Å². The summed E-state index contributed by atoms with van der Waals surface area (Å²) in [6.45, 7) is 10.2. The Morgan fingerprint density at radius 3 is 2.63 bits per heavy atom. The topological polar surface area (TPSA) is 31.2 Å². The van der Waals surface area contributed by atoms with E-state index in [0.717, 1.165) is 38.0 Å². The average Bonchev–Trinajstić information content (AvgIpc) is 2.28. The molecule has 0 saturated carbocycles. The SMILES string of the molecule is CCc1c(C)cc(C2CCO2)c(=O)n1CCC(C)C. The molecule has 0 bridgehead atoms. The standard InChI is InChI=1S/C16H25NO2/c1-5-14-12(4)10-13(15-7-9-19-15)16(18)17(14)8-6-11(2)3/h10-11,15H,5-9H2,1-4H3. The maximum atomic E-state index is 12.6. The molecule has 1 aliphatic heterocycles. The van der Waals surface area contributed by atoms with Crippen LogP contribution in [-0.2, 0) is 17.7 Å². The summed E-state index contributed by atoms with van der Waals surface area (Å²) in [6.07, 6.45) is 2.96. The number of ether oxygens (including phenoxy) is 1. The van der Waals surface area contributed by atoms with Gasteiger partial charge in [-0.2, -0.15) is 0 Å². The molecule has 0 radical (unpaired) electrons. The van der Waals surface area contributed by atoms with E-state index in [1.165, 1.54) is 11.3 Å². The molecule has 1 aromatic rings. The van der Waals surface area contributed by atoms with Crippen LogP contribution in [0.2, 0.25) is 0 Å². The predicted molar refractivity (Wildman–Crippen MR) is 77.6 cm³/mol. The fourth-order valence-corrected chi connectivity index (χ4v) is 2.67. The Bertz CT molecular complexity index is 498. The van der Waals surface area contributed by atoms with Gasteiger partial charge in [-0.3, -0.25) is 4.79 Å². The van der Waals surface area contributed by atoms with Gasteiger partial charge in [-0.05, 0) is 37.3 Å². The van der Waals surface area contributed by atoms with Crippen LogP contribution in [0.4, 0.5) is 0 Å². The maximum Gasteiger partial charge on any atom is 0.256 e. The van der Waals surface area contributed by atoms with Crippen LogP contribution in [0.15, 0.2) is 10.9 Å². The largest absolute Gasteiger partial charge is 0.373 e. The minimum atomic E-state index is 0.0300. The van der Waals surface area contributed by atoms with Crippen molar-refractivity contribution in [2.45, 2.75) is 59.6 Å². The van der Waals surface area contributed by atoms with Crippen molar-refractivity contribution in [2.24, 2.45) is 5.92 Å². The van der Waals surface area contributed by atoms with Crippen molar-refractivity contribution in [1.82, 2.24) is 4.57 Å². The third kappa shape index (κ3) is 2.92. The third-order valence-corrected chi connectivity index (χ3v) is 3.96. The van der Waals surface area contributed by atoms with Crippen molar-refractivity contribution < 1.29 is 4.74 Å². The molecule has 1 saturated heterocycles. The first-order valence-electron chi connectivity index (χ1n) is 7.39. The zero-order chi connectivity index (χ0) is 14.0. The van der Waals surface area contributed by atoms with Gasteiger partial charge in [0.15, 0.2) is 0 Å². The molecule has 106 valence electrons. The van der Waals surface area contributed by atoms with Crippen LogP contribution < -0.4 is 5.56 Å². The van der Waals surface area contributed by atoms with Gasteiger partial charge < -0.3 is 9.30 Å². The summed E-state index contributed by atoms with van der Waals surface area (Å²) in [5.41, 5.74) is 3.41. The molecule has 0 aliphatic carbocycles. The van der Waals surface area contributed by atoms with Crippen LogP contribution in [0.25, 0.3) is 0 Å². The Kier molecular flexibility index (Phi) is 4.46. The van der Waals surface area contributed by atoms with E-state index in [2.05, 4.69) is 27.7 Å². The highest BCUT2D eigenvalue weighted by Crippen LogP contribution is 2.28. The summed E-state index contributed by atoms with van der Waals surface area (Å²) in [6, 6.07) is 2.04. The van der Waals surface area contributed by atoms with Crippen molar-refractivity contribution in [1.29, 1.82) is 0 Å². The number of nitrogens with zero attached hydrogens (tertiary/aromatic N) is 1. The van der Waals surface area contributed by atoms with E-state index < -0.39 is 0 Å². The zero-order valence-electron chi connectivity index (χ0n) is 12.5. The maximum absolute atomic E-state index is 12.6. The minimum Gasteiger partial charge on any atom is -0.373 e. The van der Waals surface area contributed by atoms with Gasteiger partial charge in [0, 0.05) is 24.2 Å². The normalized spacial score (nSPS) is 18.7. The molecule has 19 heavy (non-hydrogen) atoms. The molecule has 1 aliphatic rings. The lowest BCUT2D eigenvalue weighted by molar-refractivity contribution is -0.0538. The van der Waals surface area contributed by atoms with E-state index in [9.17, 15) is 4.79 Å². The van der Waals surface area contributed by atoms with Crippen LogP contribution in [0, 0.1) is 12.8 Å². The molecule has 2 rings (SSSR count). The van der Waals surface area contributed by atoms with Gasteiger partial charge in [-0.25, -0.2) is 0 Å². The fraction of sp³-hybridized carbons (Fsp3) is 0.688. The number of aryl methyl sites for hydroxylation is 1. The smallest absolute Gasteiger partial charge is 0.256 e. The molecule has 1 aromatic heterocycles. The first-order valence-corrected chi connectivity index (χ1v) is 7.39. The number of aromatic nitrogens is 1. The second kappa shape index (κ2) is 5.91. The van der Waals surface area contributed by atoms with Gasteiger partial charge in [0.05, 0.1) is 12.7 Å². The second-order valence-electron chi connectivity index (χ2n) is 5.87. The highest BCUT2D eigenvalue weighted by Gasteiger charge is 2.25. The lowest BCUT2D eigenvalue weighted by Gasteiger charge is -2.28. The average molecular weight is 263 g/mol. The highest BCUT2D eigenvalue weighted by molar-refractivity contribution is 5.28. The van der Waals surface area contributed by atoms with Crippen LogP contribution in [-0.4, -0.2) is 11.2 Å². The summed E-state index contributed by atoms with van der Waals surface area (Å²) >= 11 is 0. The van der Waals surface area contributed by atoms with Crippen LogP contribution in [0.1, 0.15) is 56.5 Å². The zero-order valence-corrected chi connectivity index (χ0v) is 12.5. The molecule has 0 spiro atoms. The molecule has 0 amide bonds. The summed E-state index contributed by atoms with van der Waals surface area (Å²) in [4.78, 5) is 12.6. The van der Waals surface area contributed by atoms with Crippen LogP contribution >= 0.6 is 0 Å². The van der Waals surface area contributed by atoms with Crippen molar-refractivity contribution in [3.8, 4) is 0 Å². The van der Waals surface area contributed by atoms with E-state index in [1.54, 1.807) is 0 Å². The number of hydrogen-bond donors (Lipinski definition) is 0. The van der Waals surface area contributed by atoms with Gasteiger partial charge in [-0.15, -0.1) is 0 Å². The lowest BCUT2D eigenvalue weighted by Crippen LogP contribution is -2.33. The van der Waals surface area contributed by atoms with E-state index in [1.807, 2.05) is 10.6 Å². The van der Waals surface area contributed by atoms with Crippen molar-refractivity contribution in [3.05, 3.63) is 33.2 Å². The molecular weight excluding hydrogens is 238 g/mol. The molecule has 1 fully saturated rings. The first-order chi connectivity index (χ1) is 9.04. The van der Waals surface area contributed by atoms with E-state index in [-0.39, 0.29) is 11.7 Å². The van der Waals surface area contributed by atoms with Gasteiger partial charge in [0.1, 0.15) is 0 Å². The Balaban J connectivity index is 2.41. The Labute approximate surface area is 115 Å². The summed E-state index contributed by atoms with van der Waals surface area (Å²) < 4.78 is 7.47. The monoisotopic (exact) mass is 263 g/mol. The molecule has 0 N–H and O–H groups in total. The Morgan fingerprint density at radius 2 is 2.16 bits per heavy atom. The van der Waals surface area contributed by atoms with Crippen molar-refractivity contribution in [2.75, 3.05) is 6.61 Å². The minimum absolute atomic E-state index is 0.0300. The second-order valence-corrected chi connectivity index (χ2v) is 5.87. The Hall–Kier alpha value is -1.09. The van der Waals surface area contributed by atoms with Gasteiger partial charge in [-0.1, -0.05) is 20.8 Å². The summed E-state index contributed by atoms with van der Waals surface area (Å²) in [5, 5.41) is 0. The molecule has 0 aromatic carbocycles. The van der Waals surface area contributed by atoms with E-state index in [0.29, 0.717) is 5.92 Å². The van der Waals surface area contributed by atoms with Gasteiger partial charge >= 0.3 is 0 Å². The molecule has 2 heterocycles. The lowest BCUT2D eigenvalue weighted by atomic mass is 10.0. The number of rotatable bonds is 5. The predicted octanol–water partition coefficient (Wildman–Crippen LogP) is 3.23. The molecular formula is C16H25NO2. The molecule has 3 nitrogen and oxygen atoms in total. The highest BCUT2D eigenvalue weighted by atomic mass is 16.5. The van der Waals surface area contributed by atoms with Crippen LogP contribution in [0.5, 0.6) is 0 Å². The number of pyridine rings is 1. The molecule has 3 heteroatoms. The summed E-state index contributed by atoms with van der Waals surface area (Å²) in [7, 11) is 0. The molecule has 1 atom stereocenters. The third-order valence-electron chi connectivity index (χ3n) is 3.96. The first kappa shape index (κ1) is 14.3. The van der Waals surface area contributed by atoms with E-state index in [4.69, 9.17) is 4.74 Å². The van der Waals surface area contributed by atoms with E-state index >= 15 is 0 Å². The Morgan fingerprint density at radius 1 is 1.47 bits per heavy atom. The quantitative estimate of drug-likeness (QED) is 0.816. The van der Waals surface area contributed by atoms with Crippen LogP contribution in [0.3, 0.4) is 0 Å². The molecule has 1 unspecified atom stereocenters. The number of hydrogen-bond acceptors (Lipinski definition) is 2. The summed E-state index contributed by atoms with van der Waals surface area (Å²) in [5.74, 6) is 0.612.